The van der Waals surface area contributed by atoms with Gasteiger partial charge in [0.2, 0.25) is 5.91 Å². The van der Waals surface area contributed by atoms with Gasteiger partial charge in [0.05, 0.1) is 17.9 Å². The van der Waals surface area contributed by atoms with Crippen molar-refractivity contribution < 1.29 is 4.79 Å². The number of hydrogen-bond donors (Lipinski definition) is 1. The Balaban J connectivity index is 1.29. The molecule has 0 aromatic carbocycles. The van der Waals surface area contributed by atoms with E-state index in [9.17, 15) is 9.59 Å². The van der Waals surface area contributed by atoms with Crippen molar-refractivity contribution >= 4 is 5.91 Å². The molecule has 2 fully saturated rings. The van der Waals surface area contributed by atoms with Crippen LogP contribution in [0.25, 0.3) is 0 Å². The normalized spacial score (nSPS) is 22.0. The molecule has 1 atom stereocenters. The summed E-state index contributed by atoms with van der Waals surface area (Å²) in [6.07, 6.45) is 4.73. The minimum absolute atomic E-state index is 0.0236. The molecule has 0 bridgehead atoms. The molecule has 5 rings (SSSR count). The minimum atomic E-state index is -0.0236. The first-order valence-corrected chi connectivity index (χ1v) is 11.1. The lowest BCUT2D eigenvalue weighted by atomic mass is 9.84. The predicted molar refractivity (Wildman–Crippen MR) is 113 cm³/mol. The average molecular weight is 408 g/mol. The number of likely N-dealkylation sites (tertiary alicyclic amines) is 1. The molecule has 1 saturated heterocycles. The number of aromatic amines is 1. The molecule has 4 heterocycles. The number of aromatic nitrogens is 3. The topological polar surface area (TPSA) is 82.2 Å². The van der Waals surface area contributed by atoms with E-state index in [2.05, 4.69) is 20.9 Å². The van der Waals surface area contributed by atoms with Gasteiger partial charge in [0.15, 0.2) is 0 Å². The second-order valence-corrected chi connectivity index (χ2v) is 9.01. The fourth-order valence-electron chi connectivity index (χ4n) is 4.87. The summed E-state index contributed by atoms with van der Waals surface area (Å²) in [5.41, 5.74) is 3.64. The van der Waals surface area contributed by atoms with Gasteiger partial charge in [0, 0.05) is 42.7 Å². The quantitative estimate of drug-likeness (QED) is 0.840. The zero-order valence-electron chi connectivity index (χ0n) is 17.6. The molecule has 30 heavy (non-hydrogen) atoms. The highest BCUT2D eigenvalue weighted by Crippen LogP contribution is 2.30. The number of H-pyrrole nitrogens is 1. The zero-order valence-corrected chi connectivity index (χ0v) is 17.6. The maximum absolute atomic E-state index is 12.7. The Morgan fingerprint density at radius 3 is 2.83 bits per heavy atom. The van der Waals surface area contributed by atoms with Crippen molar-refractivity contribution in [3.63, 3.8) is 0 Å². The molecular weight excluding hydrogens is 378 g/mol. The first kappa shape index (κ1) is 19.4. The van der Waals surface area contributed by atoms with Crippen molar-refractivity contribution in [2.24, 2.45) is 5.92 Å². The SMILES string of the molecule is Cc1cccc(CN2CC[C@H](c3nc4c(c(=O)[nH]3)CCN(C(=O)C3CCC3)C4)C2)n1. The van der Waals surface area contributed by atoms with Crippen molar-refractivity contribution in [3.05, 3.63) is 57.0 Å². The molecule has 3 aliphatic rings. The molecule has 2 aliphatic heterocycles. The summed E-state index contributed by atoms with van der Waals surface area (Å²) in [4.78, 5) is 42.2. The molecule has 2 aromatic heterocycles. The van der Waals surface area contributed by atoms with Crippen LogP contribution in [0.3, 0.4) is 0 Å². The average Bonchev–Trinajstić information content (AvgIpc) is 3.14. The van der Waals surface area contributed by atoms with Gasteiger partial charge >= 0.3 is 0 Å². The molecular formula is C23H29N5O2. The number of carbonyl (C=O) groups excluding carboxylic acids is 1. The number of hydrogen-bond acceptors (Lipinski definition) is 5. The number of carbonyl (C=O) groups is 1. The number of amides is 1. The highest BCUT2D eigenvalue weighted by Gasteiger charge is 2.33. The van der Waals surface area contributed by atoms with Crippen LogP contribution in [-0.2, 0) is 24.3 Å². The van der Waals surface area contributed by atoms with E-state index < -0.39 is 0 Å². The Kier molecular flexibility index (Phi) is 5.15. The Hall–Kier alpha value is -2.54. The summed E-state index contributed by atoms with van der Waals surface area (Å²) in [5.74, 6) is 1.42. The number of aryl methyl sites for hydroxylation is 1. The van der Waals surface area contributed by atoms with E-state index in [0.717, 1.165) is 73.8 Å². The van der Waals surface area contributed by atoms with Crippen LogP contribution >= 0.6 is 0 Å². The second kappa shape index (κ2) is 7.95. The molecule has 158 valence electrons. The van der Waals surface area contributed by atoms with E-state index in [-0.39, 0.29) is 23.3 Å². The van der Waals surface area contributed by atoms with E-state index in [1.165, 1.54) is 0 Å². The molecule has 0 radical (unpaired) electrons. The highest BCUT2D eigenvalue weighted by atomic mass is 16.2. The smallest absolute Gasteiger partial charge is 0.254 e. The van der Waals surface area contributed by atoms with E-state index in [0.29, 0.717) is 19.5 Å². The summed E-state index contributed by atoms with van der Waals surface area (Å²) in [6.45, 7) is 5.77. The van der Waals surface area contributed by atoms with Gasteiger partial charge in [-0.2, -0.15) is 0 Å². The molecule has 0 spiro atoms. The van der Waals surface area contributed by atoms with Gasteiger partial charge in [-0.25, -0.2) is 4.98 Å². The zero-order chi connectivity index (χ0) is 20.7. The largest absolute Gasteiger partial charge is 0.336 e. The monoisotopic (exact) mass is 407 g/mol. The van der Waals surface area contributed by atoms with Gasteiger partial charge in [-0.3, -0.25) is 19.5 Å². The second-order valence-electron chi connectivity index (χ2n) is 9.01. The van der Waals surface area contributed by atoms with Crippen LogP contribution in [0.4, 0.5) is 0 Å². The van der Waals surface area contributed by atoms with Crippen molar-refractivity contribution in [1.82, 2.24) is 24.8 Å². The van der Waals surface area contributed by atoms with Crippen LogP contribution in [-0.4, -0.2) is 50.3 Å². The van der Waals surface area contributed by atoms with Gasteiger partial charge in [-0.1, -0.05) is 12.5 Å². The number of pyridine rings is 1. The van der Waals surface area contributed by atoms with Gasteiger partial charge in [-0.15, -0.1) is 0 Å². The van der Waals surface area contributed by atoms with E-state index >= 15 is 0 Å². The third kappa shape index (κ3) is 3.78. The number of rotatable bonds is 4. The van der Waals surface area contributed by atoms with Crippen molar-refractivity contribution in [3.8, 4) is 0 Å². The Labute approximate surface area is 176 Å². The molecule has 7 heteroatoms. The molecule has 0 unspecified atom stereocenters. The van der Waals surface area contributed by atoms with Crippen LogP contribution in [0.2, 0.25) is 0 Å². The lowest BCUT2D eigenvalue weighted by Crippen LogP contribution is -2.43. The standard InChI is InChI=1S/C23H29N5O2/c1-15-4-2-7-18(24-15)13-27-10-8-17(12-27)21-25-20-14-28(23(30)16-5-3-6-16)11-9-19(20)22(29)26-21/h2,4,7,16-17H,3,5-6,8-14H2,1H3,(H,25,26,29)/t17-/m0/s1. The fourth-order valence-corrected chi connectivity index (χ4v) is 4.87. The fraction of sp³-hybridized carbons (Fsp3) is 0.565. The molecule has 1 aliphatic carbocycles. The third-order valence-electron chi connectivity index (χ3n) is 6.85. The summed E-state index contributed by atoms with van der Waals surface area (Å²) < 4.78 is 0. The first-order valence-electron chi connectivity index (χ1n) is 11.1. The summed E-state index contributed by atoms with van der Waals surface area (Å²) in [7, 11) is 0. The van der Waals surface area contributed by atoms with Crippen LogP contribution in [0.1, 0.15) is 60.1 Å². The molecule has 1 N–H and O–H groups in total. The van der Waals surface area contributed by atoms with Crippen LogP contribution in [0, 0.1) is 12.8 Å². The van der Waals surface area contributed by atoms with Gasteiger partial charge < -0.3 is 9.88 Å². The summed E-state index contributed by atoms with van der Waals surface area (Å²) >= 11 is 0. The van der Waals surface area contributed by atoms with Crippen molar-refractivity contribution in [2.75, 3.05) is 19.6 Å². The highest BCUT2D eigenvalue weighted by molar-refractivity contribution is 5.79. The van der Waals surface area contributed by atoms with E-state index in [1.807, 2.05) is 24.0 Å². The Morgan fingerprint density at radius 1 is 1.20 bits per heavy atom. The number of fused-ring (bicyclic) bond motifs is 1. The van der Waals surface area contributed by atoms with Crippen LogP contribution in [0.5, 0.6) is 0 Å². The lowest BCUT2D eigenvalue weighted by molar-refractivity contribution is -0.139. The Bertz CT molecular complexity index is 1010. The van der Waals surface area contributed by atoms with Crippen molar-refractivity contribution in [1.29, 1.82) is 0 Å². The minimum Gasteiger partial charge on any atom is -0.336 e. The maximum Gasteiger partial charge on any atom is 0.254 e. The predicted octanol–water partition coefficient (Wildman–Crippen LogP) is 2.15. The third-order valence-corrected chi connectivity index (χ3v) is 6.85. The molecule has 1 saturated carbocycles. The van der Waals surface area contributed by atoms with Gasteiger partial charge in [0.25, 0.3) is 5.56 Å². The number of nitrogens with zero attached hydrogens (tertiary/aromatic N) is 4. The van der Waals surface area contributed by atoms with E-state index in [1.54, 1.807) is 0 Å². The summed E-state index contributed by atoms with van der Waals surface area (Å²) in [6, 6.07) is 6.12. The van der Waals surface area contributed by atoms with Crippen molar-refractivity contribution in [2.45, 2.75) is 58.0 Å². The molecule has 2 aromatic rings. The maximum atomic E-state index is 12.7. The summed E-state index contributed by atoms with van der Waals surface area (Å²) in [5, 5.41) is 0. The molecule has 1 amide bonds. The molecule has 7 nitrogen and oxygen atoms in total. The first-order chi connectivity index (χ1) is 14.6. The van der Waals surface area contributed by atoms with Gasteiger partial charge in [-0.05, 0) is 51.3 Å². The Morgan fingerprint density at radius 2 is 2.07 bits per heavy atom. The van der Waals surface area contributed by atoms with Crippen LogP contribution < -0.4 is 5.56 Å². The van der Waals surface area contributed by atoms with E-state index in [4.69, 9.17) is 4.98 Å². The lowest BCUT2D eigenvalue weighted by Gasteiger charge is -2.34. The number of nitrogens with one attached hydrogen (secondary N) is 1. The van der Waals surface area contributed by atoms with Crippen LogP contribution in [0.15, 0.2) is 23.0 Å². The van der Waals surface area contributed by atoms with Gasteiger partial charge in [0.1, 0.15) is 5.82 Å².